The number of hydrogen-bond donors (Lipinski definition) is 3. The molecule has 4 N–H and O–H groups in total. The highest BCUT2D eigenvalue weighted by Crippen LogP contribution is 2.14. The van der Waals surface area contributed by atoms with Crippen LogP contribution < -0.4 is 5.73 Å². The first-order valence-corrected chi connectivity index (χ1v) is 4.14. The van der Waals surface area contributed by atoms with Crippen LogP contribution in [0.4, 0.5) is 0 Å². The highest BCUT2D eigenvalue weighted by atomic mass is 16.3. The van der Waals surface area contributed by atoms with Crippen molar-refractivity contribution in [2.24, 2.45) is 5.73 Å². The molecule has 0 radical (unpaired) electrons. The Labute approximate surface area is 85.4 Å². The molecule has 0 aromatic carbocycles. The number of carbonyl (C=O) groups is 2. The Bertz CT molecular complexity index is 380. The fourth-order valence-corrected chi connectivity index (χ4v) is 1.02. The van der Waals surface area contributed by atoms with Gasteiger partial charge in [-0.2, -0.15) is 0 Å². The molecule has 1 rings (SSSR count). The largest absolute Gasteiger partial charge is 0.384 e. The van der Waals surface area contributed by atoms with Gasteiger partial charge in [0, 0.05) is 0 Å². The Hall–Kier alpha value is -1.79. The summed E-state index contributed by atoms with van der Waals surface area (Å²) in [5.74, 6) is -1.05. The molecular formula is C9H10N2O4. The predicted octanol–water partition coefficient (Wildman–Crippen LogP) is -1.23. The molecule has 1 amide bonds. The molecular weight excluding hydrogens is 200 g/mol. The summed E-state index contributed by atoms with van der Waals surface area (Å²) in [6.07, 6.45) is -2.77. The summed E-state index contributed by atoms with van der Waals surface area (Å²) in [6, 6.07) is 4.28. The summed E-state index contributed by atoms with van der Waals surface area (Å²) in [4.78, 5) is 24.7. The van der Waals surface area contributed by atoms with Gasteiger partial charge in [0.15, 0.2) is 12.4 Å². The molecule has 0 saturated carbocycles. The minimum absolute atomic E-state index is 0.0194. The Kier molecular flexibility index (Phi) is 3.48. The number of amides is 1. The van der Waals surface area contributed by atoms with Gasteiger partial charge in [-0.15, -0.1) is 0 Å². The number of nitrogens with two attached hydrogens (primary N) is 1. The van der Waals surface area contributed by atoms with Crippen molar-refractivity contribution in [3.63, 3.8) is 0 Å². The van der Waals surface area contributed by atoms with Gasteiger partial charge < -0.3 is 15.9 Å². The molecule has 0 aliphatic heterocycles. The van der Waals surface area contributed by atoms with Crippen molar-refractivity contribution in [2.45, 2.75) is 12.2 Å². The first-order valence-electron chi connectivity index (χ1n) is 4.14. The van der Waals surface area contributed by atoms with E-state index in [1.54, 1.807) is 0 Å². The molecule has 0 aliphatic carbocycles. The van der Waals surface area contributed by atoms with E-state index >= 15 is 0 Å². The minimum Gasteiger partial charge on any atom is -0.384 e. The van der Waals surface area contributed by atoms with E-state index in [0.717, 1.165) is 0 Å². The lowest BCUT2D eigenvalue weighted by molar-refractivity contribution is -0.132. The Morgan fingerprint density at radius 2 is 2.13 bits per heavy atom. The summed E-state index contributed by atoms with van der Waals surface area (Å²) >= 11 is 0. The molecule has 6 heteroatoms. The van der Waals surface area contributed by atoms with Crippen LogP contribution in [0.15, 0.2) is 18.2 Å². The molecule has 0 saturated heterocycles. The number of primary amides is 1. The average molecular weight is 210 g/mol. The number of pyridine rings is 1. The van der Waals surface area contributed by atoms with Crippen molar-refractivity contribution in [2.75, 3.05) is 0 Å². The van der Waals surface area contributed by atoms with E-state index in [-0.39, 0.29) is 11.4 Å². The topological polar surface area (TPSA) is 114 Å². The normalized spacial score (nSPS) is 14.3. The molecule has 1 aromatic heterocycles. The number of nitrogens with zero attached hydrogens (tertiary/aromatic N) is 1. The number of carbonyl (C=O) groups excluding carboxylic acids is 2. The van der Waals surface area contributed by atoms with Crippen molar-refractivity contribution in [3.8, 4) is 0 Å². The van der Waals surface area contributed by atoms with E-state index in [0.29, 0.717) is 6.29 Å². The van der Waals surface area contributed by atoms with E-state index in [4.69, 9.17) is 10.8 Å². The first kappa shape index (κ1) is 11.3. The molecule has 0 spiro atoms. The molecule has 15 heavy (non-hydrogen) atoms. The maximum absolute atomic E-state index is 10.6. The van der Waals surface area contributed by atoms with E-state index in [1.807, 2.05) is 0 Å². The van der Waals surface area contributed by atoms with Crippen molar-refractivity contribution < 1.29 is 19.8 Å². The van der Waals surface area contributed by atoms with E-state index in [1.165, 1.54) is 18.2 Å². The van der Waals surface area contributed by atoms with Crippen molar-refractivity contribution in [1.29, 1.82) is 0 Å². The average Bonchev–Trinajstić information content (AvgIpc) is 2.27. The fraction of sp³-hybridized carbons (Fsp3) is 0.222. The monoisotopic (exact) mass is 210 g/mol. The van der Waals surface area contributed by atoms with Crippen LogP contribution in [-0.2, 0) is 4.79 Å². The second-order valence-electron chi connectivity index (χ2n) is 2.90. The van der Waals surface area contributed by atoms with Crippen molar-refractivity contribution in [3.05, 3.63) is 29.6 Å². The summed E-state index contributed by atoms with van der Waals surface area (Å²) in [6.45, 7) is 0. The zero-order valence-corrected chi connectivity index (χ0v) is 7.70. The van der Waals surface area contributed by atoms with E-state index < -0.39 is 18.1 Å². The fourth-order valence-electron chi connectivity index (χ4n) is 1.02. The lowest BCUT2D eigenvalue weighted by Gasteiger charge is -2.13. The minimum atomic E-state index is -1.74. The quantitative estimate of drug-likeness (QED) is 0.538. The molecule has 0 fully saturated rings. The van der Waals surface area contributed by atoms with Crippen LogP contribution >= 0.6 is 0 Å². The molecule has 6 nitrogen and oxygen atoms in total. The van der Waals surface area contributed by atoms with Gasteiger partial charge in [0.2, 0.25) is 5.91 Å². The van der Waals surface area contributed by atoms with Crippen LogP contribution in [0.25, 0.3) is 0 Å². The SMILES string of the molecule is NC(=O)C(O)C(O)c1cccc(C=O)n1. The smallest absolute Gasteiger partial charge is 0.249 e. The molecule has 1 aromatic rings. The summed E-state index contributed by atoms with van der Waals surface area (Å²) in [5, 5.41) is 18.6. The Balaban J connectivity index is 2.95. The summed E-state index contributed by atoms with van der Waals surface area (Å²) in [5.41, 5.74) is 4.92. The molecule has 2 unspecified atom stereocenters. The van der Waals surface area contributed by atoms with Crippen LogP contribution in [0, 0.1) is 0 Å². The van der Waals surface area contributed by atoms with E-state index in [2.05, 4.69) is 4.98 Å². The maximum Gasteiger partial charge on any atom is 0.249 e. The van der Waals surface area contributed by atoms with Gasteiger partial charge in [-0.05, 0) is 12.1 Å². The number of aldehydes is 1. The van der Waals surface area contributed by atoms with Gasteiger partial charge >= 0.3 is 0 Å². The Morgan fingerprint density at radius 3 is 2.67 bits per heavy atom. The molecule has 0 aliphatic rings. The van der Waals surface area contributed by atoms with E-state index in [9.17, 15) is 14.7 Å². The van der Waals surface area contributed by atoms with Gasteiger partial charge in [-0.3, -0.25) is 9.59 Å². The van der Waals surface area contributed by atoms with Crippen molar-refractivity contribution >= 4 is 12.2 Å². The third-order valence-corrected chi connectivity index (χ3v) is 1.81. The van der Waals surface area contributed by atoms with Crippen LogP contribution in [0.5, 0.6) is 0 Å². The van der Waals surface area contributed by atoms with Crippen LogP contribution in [0.2, 0.25) is 0 Å². The van der Waals surface area contributed by atoms with Gasteiger partial charge in [-0.1, -0.05) is 6.07 Å². The second-order valence-corrected chi connectivity index (χ2v) is 2.90. The highest BCUT2D eigenvalue weighted by Gasteiger charge is 2.24. The predicted molar refractivity (Wildman–Crippen MR) is 49.8 cm³/mol. The van der Waals surface area contributed by atoms with Crippen LogP contribution in [-0.4, -0.2) is 33.5 Å². The number of aromatic nitrogens is 1. The van der Waals surface area contributed by atoms with Crippen LogP contribution in [0.3, 0.4) is 0 Å². The lowest BCUT2D eigenvalue weighted by Crippen LogP contribution is -2.34. The second kappa shape index (κ2) is 4.63. The molecule has 2 atom stereocenters. The molecule has 1 heterocycles. The zero-order valence-electron chi connectivity index (χ0n) is 7.70. The number of aliphatic hydroxyl groups excluding tert-OH is 2. The van der Waals surface area contributed by atoms with Crippen LogP contribution in [0.1, 0.15) is 22.3 Å². The number of hydrogen-bond acceptors (Lipinski definition) is 5. The zero-order chi connectivity index (χ0) is 11.4. The molecule has 80 valence electrons. The Morgan fingerprint density at radius 1 is 1.47 bits per heavy atom. The number of rotatable bonds is 4. The number of aliphatic hydroxyl groups is 2. The standard InChI is InChI=1S/C9H10N2O4/c10-9(15)8(14)7(13)6-3-1-2-5(4-12)11-6/h1-4,7-8,13-14H,(H2,10,15). The lowest BCUT2D eigenvalue weighted by atomic mass is 10.1. The summed E-state index contributed by atoms with van der Waals surface area (Å²) < 4.78 is 0. The maximum atomic E-state index is 10.6. The van der Waals surface area contributed by atoms with Gasteiger partial charge in [0.25, 0.3) is 0 Å². The summed E-state index contributed by atoms with van der Waals surface area (Å²) in [7, 11) is 0. The van der Waals surface area contributed by atoms with Gasteiger partial charge in [-0.25, -0.2) is 4.98 Å². The van der Waals surface area contributed by atoms with Crippen molar-refractivity contribution in [1.82, 2.24) is 4.98 Å². The molecule has 0 bridgehead atoms. The first-order chi connectivity index (χ1) is 7.06. The third kappa shape index (κ3) is 2.58. The third-order valence-electron chi connectivity index (χ3n) is 1.81. The highest BCUT2D eigenvalue weighted by molar-refractivity contribution is 5.79. The van der Waals surface area contributed by atoms with Gasteiger partial charge in [0.05, 0.1) is 5.69 Å². The van der Waals surface area contributed by atoms with Gasteiger partial charge in [0.1, 0.15) is 11.8 Å².